The van der Waals surface area contributed by atoms with Crippen LogP contribution in [0.2, 0.25) is 0 Å². The zero-order valence-electron chi connectivity index (χ0n) is 10.8. The lowest BCUT2D eigenvalue weighted by Gasteiger charge is -2.11. The van der Waals surface area contributed by atoms with Gasteiger partial charge in [0.05, 0.1) is 25.5 Å². The zero-order valence-corrected chi connectivity index (χ0v) is 10.8. The molecule has 0 saturated heterocycles. The largest absolute Gasteiger partial charge is 0.494 e. The first-order valence-corrected chi connectivity index (χ1v) is 5.76. The minimum atomic E-state index is -0.138. The maximum absolute atomic E-state index is 11.0. The van der Waals surface area contributed by atoms with Gasteiger partial charge < -0.3 is 19.8 Å². The van der Waals surface area contributed by atoms with Crippen LogP contribution in [0.25, 0.3) is 0 Å². The summed E-state index contributed by atoms with van der Waals surface area (Å²) in [7, 11) is 1.56. The Hall–Kier alpha value is -2.50. The molecule has 0 unspecified atom stereocenters. The number of oxazole rings is 1. The van der Waals surface area contributed by atoms with Crippen molar-refractivity contribution in [2.45, 2.75) is 13.5 Å². The van der Waals surface area contributed by atoms with Crippen LogP contribution in [0.5, 0.6) is 5.75 Å². The third kappa shape index (κ3) is 3.48. The first-order chi connectivity index (χ1) is 9.19. The third-order valence-electron chi connectivity index (χ3n) is 2.46. The average molecular weight is 261 g/mol. The fraction of sp³-hybridized carbons (Fsp3) is 0.231. The maximum Gasteiger partial charge on any atom is 0.221 e. The van der Waals surface area contributed by atoms with Crippen LogP contribution in [0, 0.1) is 0 Å². The molecule has 1 aromatic carbocycles. The number of hydrogen-bond donors (Lipinski definition) is 2. The second-order valence-electron chi connectivity index (χ2n) is 3.92. The lowest BCUT2D eigenvalue weighted by Crippen LogP contribution is -2.07. The lowest BCUT2D eigenvalue weighted by molar-refractivity contribution is -0.114. The number of nitrogens with one attached hydrogen (secondary N) is 2. The zero-order chi connectivity index (χ0) is 13.7. The fourth-order valence-corrected chi connectivity index (χ4v) is 1.61. The highest BCUT2D eigenvalue weighted by atomic mass is 16.5. The number of carbonyl (C=O) groups is 1. The van der Waals surface area contributed by atoms with Crippen molar-refractivity contribution in [2.24, 2.45) is 0 Å². The molecule has 0 saturated carbocycles. The van der Waals surface area contributed by atoms with Crippen molar-refractivity contribution in [3.8, 4) is 5.75 Å². The van der Waals surface area contributed by atoms with E-state index in [9.17, 15) is 4.79 Å². The number of aromatic nitrogens is 1. The molecule has 2 N–H and O–H groups in total. The van der Waals surface area contributed by atoms with Crippen LogP contribution < -0.4 is 15.4 Å². The van der Waals surface area contributed by atoms with Crippen molar-refractivity contribution in [3.63, 3.8) is 0 Å². The molecule has 19 heavy (non-hydrogen) atoms. The van der Waals surface area contributed by atoms with Crippen LogP contribution in [-0.2, 0) is 11.3 Å². The predicted octanol–water partition coefficient (Wildman–Crippen LogP) is 2.25. The lowest BCUT2D eigenvalue weighted by atomic mass is 10.2. The molecule has 6 nitrogen and oxygen atoms in total. The van der Waals surface area contributed by atoms with Gasteiger partial charge in [0.25, 0.3) is 0 Å². The summed E-state index contributed by atoms with van der Waals surface area (Å²) in [6, 6.07) is 5.44. The topological polar surface area (TPSA) is 76.4 Å². The standard InChI is InChI=1S/C13H15N3O3/c1-9(17)16-12-4-3-10(5-13(12)18-2)15-7-11-6-14-8-19-11/h3-6,8,15H,7H2,1-2H3,(H,16,17). The van der Waals surface area contributed by atoms with Gasteiger partial charge >= 0.3 is 0 Å². The van der Waals surface area contributed by atoms with Gasteiger partial charge in [-0.3, -0.25) is 4.79 Å². The number of nitrogens with zero attached hydrogens (tertiary/aromatic N) is 1. The molecule has 6 heteroatoms. The van der Waals surface area contributed by atoms with E-state index < -0.39 is 0 Å². The van der Waals surface area contributed by atoms with Crippen LogP contribution in [0.15, 0.2) is 35.2 Å². The average Bonchev–Trinajstić information content (AvgIpc) is 2.90. The Kier molecular flexibility index (Phi) is 4.02. The van der Waals surface area contributed by atoms with Crippen molar-refractivity contribution in [1.82, 2.24) is 4.98 Å². The van der Waals surface area contributed by atoms with Crippen LogP contribution in [-0.4, -0.2) is 18.0 Å². The summed E-state index contributed by atoms with van der Waals surface area (Å²) in [5.41, 5.74) is 1.50. The smallest absolute Gasteiger partial charge is 0.221 e. The molecule has 1 aromatic heterocycles. The number of amides is 1. The molecule has 0 aliphatic heterocycles. The van der Waals surface area contributed by atoms with Gasteiger partial charge in [-0.15, -0.1) is 0 Å². The molecule has 0 aliphatic rings. The molecule has 0 aliphatic carbocycles. The van der Waals surface area contributed by atoms with Crippen molar-refractivity contribution in [1.29, 1.82) is 0 Å². The second kappa shape index (κ2) is 5.90. The summed E-state index contributed by atoms with van der Waals surface area (Å²) in [5, 5.41) is 5.88. The Morgan fingerprint density at radius 1 is 1.47 bits per heavy atom. The van der Waals surface area contributed by atoms with Crippen LogP contribution >= 0.6 is 0 Å². The Morgan fingerprint density at radius 3 is 2.95 bits per heavy atom. The minimum absolute atomic E-state index is 0.138. The maximum atomic E-state index is 11.0. The number of benzene rings is 1. The summed E-state index contributed by atoms with van der Waals surface area (Å²) >= 11 is 0. The number of hydrogen-bond acceptors (Lipinski definition) is 5. The van der Waals surface area contributed by atoms with E-state index in [-0.39, 0.29) is 5.91 Å². The van der Waals surface area contributed by atoms with Gasteiger partial charge in [0, 0.05) is 18.7 Å². The molecule has 100 valence electrons. The van der Waals surface area contributed by atoms with Gasteiger partial charge in [-0.2, -0.15) is 0 Å². The van der Waals surface area contributed by atoms with E-state index in [2.05, 4.69) is 15.6 Å². The van der Waals surface area contributed by atoms with Crippen molar-refractivity contribution >= 4 is 17.3 Å². The molecule has 0 radical (unpaired) electrons. The number of carbonyl (C=O) groups excluding carboxylic acids is 1. The van der Waals surface area contributed by atoms with E-state index >= 15 is 0 Å². The van der Waals surface area contributed by atoms with E-state index in [1.165, 1.54) is 13.3 Å². The quantitative estimate of drug-likeness (QED) is 0.863. The number of anilines is 2. The molecule has 2 aromatic rings. The van der Waals surface area contributed by atoms with Gasteiger partial charge in [0.15, 0.2) is 6.39 Å². The predicted molar refractivity (Wildman–Crippen MR) is 71.1 cm³/mol. The van der Waals surface area contributed by atoms with Crippen molar-refractivity contribution in [3.05, 3.63) is 36.5 Å². The molecular formula is C13H15N3O3. The van der Waals surface area contributed by atoms with Crippen LogP contribution in [0.1, 0.15) is 12.7 Å². The summed E-state index contributed by atoms with van der Waals surface area (Å²) in [6.45, 7) is 1.98. The van der Waals surface area contributed by atoms with E-state index in [1.807, 2.05) is 12.1 Å². The van der Waals surface area contributed by atoms with Crippen molar-refractivity contribution < 1.29 is 13.9 Å². The van der Waals surface area contributed by atoms with Gasteiger partial charge in [-0.1, -0.05) is 0 Å². The molecule has 0 spiro atoms. The molecule has 0 atom stereocenters. The number of methoxy groups -OCH3 is 1. The van der Waals surface area contributed by atoms with Crippen LogP contribution in [0.4, 0.5) is 11.4 Å². The Bertz CT molecular complexity index is 552. The number of rotatable bonds is 5. The fourth-order valence-electron chi connectivity index (χ4n) is 1.61. The first-order valence-electron chi connectivity index (χ1n) is 5.76. The van der Waals surface area contributed by atoms with E-state index in [0.29, 0.717) is 18.0 Å². The SMILES string of the molecule is COc1cc(NCc2cnco2)ccc1NC(C)=O. The summed E-state index contributed by atoms with van der Waals surface area (Å²) < 4.78 is 10.4. The van der Waals surface area contributed by atoms with Gasteiger partial charge in [-0.05, 0) is 12.1 Å². The highest BCUT2D eigenvalue weighted by Crippen LogP contribution is 2.28. The summed E-state index contributed by atoms with van der Waals surface area (Å²) in [6.07, 6.45) is 3.04. The highest BCUT2D eigenvalue weighted by Gasteiger charge is 2.06. The van der Waals surface area contributed by atoms with E-state index in [1.54, 1.807) is 19.4 Å². The number of ether oxygens (including phenoxy) is 1. The molecule has 2 rings (SSSR count). The Balaban J connectivity index is 2.07. The van der Waals surface area contributed by atoms with E-state index in [4.69, 9.17) is 9.15 Å². The minimum Gasteiger partial charge on any atom is -0.494 e. The Labute approximate surface area is 110 Å². The Morgan fingerprint density at radius 2 is 2.32 bits per heavy atom. The molecule has 1 amide bonds. The molecular weight excluding hydrogens is 246 g/mol. The third-order valence-corrected chi connectivity index (χ3v) is 2.46. The molecule has 0 fully saturated rings. The van der Waals surface area contributed by atoms with Gasteiger partial charge in [-0.25, -0.2) is 4.98 Å². The highest BCUT2D eigenvalue weighted by molar-refractivity contribution is 5.90. The van der Waals surface area contributed by atoms with Gasteiger partial charge in [0.1, 0.15) is 11.5 Å². The van der Waals surface area contributed by atoms with Gasteiger partial charge in [0.2, 0.25) is 5.91 Å². The van der Waals surface area contributed by atoms with Crippen LogP contribution in [0.3, 0.4) is 0 Å². The summed E-state index contributed by atoms with van der Waals surface area (Å²) in [5.74, 6) is 1.20. The first kappa shape index (κ1) is 12.9. The summed E-state index contributed by atoms with van der Waals surface area (Å²) in [4.78, 5) is 14.9. The molecule has 0 bridgehead atoms. The normalized spacial score (nSPS) is 10.0. The van der Waals surface area contributed by atoms with Crippen molar-refractivity contribution in [2.75, 3.05) is 17.7 Å². The molecule has 1 heterocycles. The monoisotopic (exact) mass is 261 g/mol. The second-order valence-corrected chi connectivity index (χ2v) is 3.92. The van der Waals surface area contributed by atoms with E-state index in [0.717, 1.165) is 11.4 Å².